The van der Waals surface area contributed by atoms with Crippen LogP contribution in [0, 0.1) is 0 Å². The van der Waals surface area contributed by atoms with Gasteiger partial charge >= 0.3 is 0 Å². The predicted molar refractivity (Wildman–Crippen MR) is 112 cm³/mol. The van der Waals surface area contributed by atoms with Crippen molar-refractivity contribution in [2.24, 2.45) is 0 Å². The zero-order valence-corrected chi connectivity index (χ0v) is 16.1. The zero-order chi connectivity index (χ0) is 19.5. The van der Waals surface area contributed by atoms with Crippen molar-refractivity contribution in [2.75, 3.05) is 6.54 Å². The Morgan fingerprint density at radius 1 is 1.00 bits per heavy atom. The summed E-state index contributed by atoms with van der Waals surface area (Å²) in [6, 6.07) is 19.3. The molecule has 3 aromatic rings. The quantitative estimate of drug-likeness (QED) is 0.675. The molecule has 3 aromatic carbocycles. The van der Waals surface area contributed by atoms with Crippen LogP contribution in [0.1, 0.15) is 40.4 Å². The topological polar surface area (TPSA) is 58.2 Å². The molecule has 1 atom stereocenters. The molecule has 0 aromatic heterocycles. The average molecular weight is 393 g/mol. The highest BCUT2D eigenvalue weighted by Gasteiger charge is 2.23. The van der Waals surface area contributed by atoms with E-state index < -0.39 is 0 Å². The maximum absolute atomic E-state index is 12.4. The first-order valence-electron chi connectivity index (χ1n) is 9.45. The van der Waals surface area contributed by atoms with Crippen molar-refractivity contribution in [3.8, 4) is 0 Å². The molecule has 28 heavy (non-hydrogen) atoms. The highest BCUT2D eigenvalue weighted by molar-refractivity contribution is 6.30. The van der Waals surface area contributed by atoms with E-state index in [2.05, 4.69) is 10.6 Å². The third-order valence-corrected chi connectivity index (χ3v) is 5.40. The van der Waals surface area contributed by atoms with E-state index in [-0.39, 0.29) is 24.3 Å². The van der Waals surface area contributed by atoms with E-state index >= 15 is 0 Å². The van der Waals surface area contributed by atoms with E-state index in [9.17, 15) is 9.59 Å². The molecule has 4 rings (SSSR count). The van der Waals surface area contributed by atoms with Crippen molar-refractivity contribution < 1.29 is 9.59 Å². The third-order valence-electron chi connectivity index (χ3n) is 5.17. The van der Waals surface area contributed by atoms with Crippen LogP contribution >= 0.6 is 11.6 Å². The highest BCUT2D eigenvalue weighted by atomic mass is 35.5. The Morgan fingerprint density at radius 3 is 2.68 bits per heavy atom. The number of benzene rings is 3. The minimum atomic E-state index is -0.167. The molecule has 0 radical (unpaired) electrons. The van der Waals surface area contributed by atoms with Gasteiger partial charge in [0.25, 0.3) is 5.91 Å². The van der Waals surface area contributed by atoms with Gasteiger partial charge in [0.05, 0.1) is 6.04 Å². The second-order valence-corrected chi connectivity index (χ2v) is 7.51. The SMILES string of the molecule is O=C(CCNC(=O)c1ccc2ccccc2c1)NC1CCc2cc(Cl)ccc21. The Labute approximate surface area is 168 Å². The monoisotopic (exact) mass is 392 g/mol. The van der Waals surface area contributed by atoms with E-state index in [0.717, 1.165) is 34.2 Å². The Morgan fingerprint density at radius 2 is 1.82 bits per heavy atom. The highest BCUT2D eigenvalue weighted by Crippen LogP contribution is 2.32. The summed E-state index contributed by atoms with van der Waals surface area (Å²) in [5.74, 6) is -0.231. The molecule has 0 fully saturated rings. The number of fused-ring (bicyclic) bond motifs is 2. The molecule has 1 aliphatic carbocycles. The van der Waals surface area contributed by atoms with E-state index in [1.807, 2.05) is 54.6 Å². The van der Waals surface area contributed by atoms with Gasteiger partial charge in [-0.2, -0.15) is 0 Å². The predicted octanol–water partition coefficient (Wildman–Crippen LogP) is 4.42. The Bertz CT molecular complexity index is 1050. The van der Waals surface area contributed by atoms with Crippen molar-refractivity contribution in [3.05, 3.63) is 82.4 Å². The molecule has 1 unspecified atom stereocenters. The first kappa shape index (κ1) is 18.5. The molecule has 4 nitrogen and oxygen atoms in total. The minimum Gasteiger partial charge on any atom is -0.352 e. The summed E-state index contributed by atoms with van der Waals surface area (Å²) < 4.78 is 0. The molecule has 0 aliphatic heterocycles. The van der Waals surface area contributed by atoms with Gasteiger partial charge < -0.3 is 10.6 Å². The van der Waals surface area contributed by atoms with Crippen molar-refractivity contribution in [1.82, 2.24) is 10.6 Å². The summed E-state index contributed by atoms with van der Waals surface area (Å²) in [4.78, 5) is 24.6. The van der Waals surface area contributed by atoms with E-state index in [1.165, 1.54) is 5.56 Å². The normalized spacial score (nSPS) is 15.2. The molecule has 5 heteroatoms. The molecule has 0 bridgehead atoms. The molecule has 2 amide bonds. The number of nitrogens with one attached hydrogen (secondary N) is 2. The van der Waals surface area contributed by atoms with E-state index in [0.29, 0.717) is 12.1 Å². The van der Waals surface area contributed by atoms with Gasteiger partial charge in [-0.25, -0.2) is 0 Å². The summed E-state index contributed by atoms with van der Waals surface area (Å²) in [5.41, 5.74) is 2.93. The van der Waals surface area contributed by atoms with Crippen molar-refractivity contribution in [2.45, 2.75) is 25.3 Å². The lowest BCUT2D eigenvalue weighted by Gasteiger charge is -2.14. The van der Waals surface area contributed by atoms with Gasteiger partial charge in [0.1, 0.15) is 0 Å². The third kappa shape index (κ3) is 4.02. The summed E-state index contributed by atoms with van der Waals surface area (Å²) in [6.07, 6.45) is 2.04. The van der Waals surface area contributed by atoms with Crippen LogP contribution in [-0.2, 0) is 11.2 Å². The smallest absolute Gasteiger partial charge is 0.251 e. The van der Waals surface area contributed by atoms with Crippen LogP contribution in [0.2, 0.25) is 5.02 Å². The molecule has 0 saturated heterocycles. The molecule has 0 heterocycles. The fourth-order valence-corrected chi connectivity index (χ4v) is 3.92. The molecule has 0 saturated carbocycles. The second-order valence-electron chi connectivity index (χ2n) is 7.07. The number of carbonyl (C=O) groups excluding carboxylic acids is 2. The Hall–Kier alpha value is -2.85. The van der Waals surface area contributed by atoms with Gasteiger partial charge in [-0.15, -0.1) is 0 Å². The van der Waals surface area contributed by atoms with E-state index in [1.54, 1.807) is 6.07 Å². The Balaban J connectivity index is 1.29. The van der Waals surface area contributed by atoms with Crippen LogP contribution in [0.15, 0.2) is 60.7 Å². The number of hydrogen-bond acceptors (Lipinski definition) is 2. The molecule has 0 spiro atoms. The molecule has 142 valence electrons. The standard InChI is InChI=1S/C23H21ClN2O2/c24-19-8-9-20-17(14-19)7-10-21(20)26-22(27)11-12-25-23(28)18-6-5-15-3-1-2-4-16(15)13-18/h1-6,8-9,13-14,21H,7,10-12H2,(H,25,28)(H,26,27). The van der Waals surface area contributed by atoms with Gasteiger partial charge in [0, 0.05) is 23.6 Å². The molecule has 2 N–H and O–H groups in total. The maximum Gasteiger partial charge on any atom is 0.251 e. The van der Waals surface area contributed by atoms with Crippen molar-refractivity contribution >= 4 is 34.2 Å². The maximum atomic E-state index is 12.4. The van der Waals surface area contributed by atoms with Crippen LogP contribution in [0.4, 0.5) is 0 Å². The molecular weight excluding hydrogens is 372 g/mol. The van der Waals surface area contributed by atoms with Crippen LogP contribution in [0.3, 0.4) is 0 Å². The van der Waals surface area contributed by atoms with E-state index in [4.69, 9.17) is 11.6 Å². The molecule has 1 aliphatic rings. The number of carbonyl (C=O) groups is 2. The van der Waals surface area contributed by atoms with Crippen molar-refractivity contribution in [1.29, 1.82) is 0 Å². The summed E-state index contributed by atoms with van der Waals surface area (Å²) in [6.45, 7) is 0.303. The number of amides is 2. The van der Waals surface area contributed by atoms with Gasteiger partial charge in [0.2, 0.25) is 5.91 Å². The largest absolute Gasteiger partial charge is 0.352 e. The lowest BCUT2D eigenvalue weighted by atomic mass is 10.1. The van der Waals surface area contributed by atoms with Crippen LogP contribution in [0.25, 0.3) is 10.8 Å². The lowest BCUT2D eigenvalue weighted by molar-refractivity contribution is -0.121. The average Bonchev–Trinajstić information content (AvgIpc) is 3.09. The number of hydrogen-bond donors (Lipinski definition) is 2. The number of aryl methyl sites for hydroxylation is 1. The van der Waals surface area contributed by atoms with Gasteiger partial charge in [0.15, 0.2) is 0 Å². The summed E-state index contributed by atoms with van der Waals surface area (Å²) in [7, 11) is 0. The number of rotatable bonds is 5. The Kier molecular flexibility index (Phi) is 5.31. The van der Waals surface area contributed by atoms with Gasteiger partial charge in [-0.05, 0) is 59.0 Å². The van der Waals surface area contributed by atoms with Crippen LogP contribution in [0.5, 0.6) is 0 Å². The second kappa shape index (κ2) is 8.03. The number of halogens is 1. The van der Waals surface area contributed by atoms with Crippen LogP contribution < -0.4 is 10.6 Å². The van der Waals surface area contributed by atoms with Crippen LogP contribution in [-0.4, -0.2) is 18.4 Å². The fourth-order valence-electron chi connectivity index (χ4n) is 3.72. The fraction of sp³-hybridized carbons (Fsp3) is 0.217. The summed E-state index contributed by atoms with van der Waals surface area (Å²) >= 11 is 6.03. The minimum absolute atomic E-state index is 0.0240. The zero-order valence-electron chi connectivity index (χ0n) is 15.4. The first-order valence-corrected chi connectivity index (χ1v) is 9.82. The first-order chi connectivity index (χ1) is 13.6. The summed E-state index contributed by atoms with van der Waals surface area (Å²) in [5, 5.41) is 8.73. The van der Waals surface area contributed by atoms with Crippen molar-refractivity contribution in [3.63, 3.8) is 0 Å². The van der Waals surface area contributed by atoms with Gasteiger partial charge in [-0.1, -0.05) is 48.0 Å². The molecular formula is C23H21ClN2O2. The van der Waals surface area contributed by atoms with Gasteiger partial charge in [-0.3, -0.25) is 9.59 Å². The lowest BCUT2D eigenvalue weighted by Crippen LogP contribution is -2.32.